The van der Waals surface area contributed by atoms with Crippen molar-refractivity contribution in [2.24, 2.45) is 0 Å². The summed E-state index contributed by atoms with van der Waals surface area (Å²) in [5, 5.41) is 3.42. The molecule has 0 spiro atoms. The number of halogens is 1. The van der Waals surface area contributed by atoms with E-state index in [-0.39, 0.29) is 5.91 Å². The van der Waals surface area contributed by atoms with Gasteiger partial charge in [-0.2, -0.15) is 0 Å². The molecular weight excluding hydrogens is 188 g/mol. The van der Waals surface area contributed by atoms with E-state index in [1.165, 1.54) is 12.5 Å². The van der Waals surface area contributed by atoms with Crippen LogP contribution in [-0.4, -0.2) is 42.9 Å². The van der Waals surface area contributed by atoms with Crippen LogP contribution in [0.5, 0.6) is 0 Å². The third-order valence-electron chi connectivity index (χ3n) is 1.35. The van der Waals surface area contributed by atoms with Crippen LogP contribution in [0.4, 0.5) is 0 Å². The number of hydrazine groups is 1. The van der Waals surface area contributed by atoms with E-state index in [0.717, 1.165) is 13.0 Å². The van der Waals surface area contributed by atoms with Gasteiger partial charge in [0.25, 0.3) is 5.91 Å². The topological polar surface area (TPSA) is 23.6 Å². The lowest BCUT2D eigenvalue weighted by Crippen LogP contribution is -2.41. The Hall–Kier alpha value is -0.540. The third kappa shape index (κ3) is 6.61. The van der Waals surface area contributed by atoms with Gasteiger partial charge in [-0.1, -0.05) is 13.5 Å². The van der Waals surface area contributed by atoms with Gasteiger partial charge >= 0.3 is 0 Å². The summed E-state index contributed by atoms with van der Waals surface area (Å²) in [6.45, 7) is 6.21. The molecule has 4 heteroatoms. The predicted octanol–water partition coefficient (Wildman–Crippen LogP) is 1.74. The van der Waals surface area contributed by atoms with Crippen LogP contribution in [0.15, 0.2) is 12.7 Å². The van der Waals surface area contributed by atoms with E-state index in [2.05, 4.69) is 18.2 Å². The first-order valence-electron chi connectivity index (χ1n) is 4.12. The molecule has 0 unspecified atom stereocenters. The van der Waals surface area contributed by atoms with E-state index in [1.807, 2.05) is 21.0 Å². The molecule has 3 nitrogen and oxygen atoms in total. The summed E-state index contributed by atoms with van der Waals surface area (Å²) in [7, 11) is 3.69. The highest BCUT2D eigenvalue weighted by atomic mass is 35.5. The average molecular weight is 207 g/mol. The maximum atomic E-state index is 11.1. The summed E-state index contributed by atoms with van der Waals surface area (Å²) in [6.07, 6.45) is 3.76. The van der Waals surface area contributed by atoms with Crippen LogP contribution in [0.1, 0.15) is 13.3 Å². The quantitative estimate of drug-likeness (QED) is 0.398. The normalized spacial score (nSPS) is 8.77. The minimum absolute atomic E-state index is 0.0446. The molecule has 0 aliphatic rings. The molecule has 0 aliphatic carbocycles. The number of nitrogens with zero attached hydrogens (tertiary/aromatic N) is 2. The lowest BCUT2D eigenvalue weighted by atomic mass is 10.4. The van der Waals surface area contributed by atoms with E-state index in [4.69, 9.17) is 0 Å². The van der Waals surface area contributed by atoms with Crippen LogP contribution < -0.4 is 0 Å². The van der Waals surface area contributed by atoms with Gasteiger partial charge in [0.2, 0.25) is 0 Å². The van der Waals surface area contributed by atoms with Gasteiger partial charge < -0.3 is 0 Å². The smallest absolute Gasteiger partial charge is 0.260 e. The van der Waals surface area contributed by atoms with Crippen molar-refractivity contribution in [2.45, 2.75) is 13.3 Å². The van der Waals surface area contributed by atoms with Gasteiger partial charge in [0.05, 0.1) is 0 Å². The summed E-state index contributed by atoms with van der Waals surface area (Å²) < 4.78 is 0. The number of amides is 1. The first-order valence-corrected chi connectivity index (χ1v) is 4.88. The first-order chi connectivity index (χ1) is 6.13. The maximum Gasteiger partial charge on any atom is 0.260 e. The van der Waals surface area contributed by atoms with Crippen LogP contribution in [0, 0.1) is 0 Å². The van der Waals surface area contributed by atoms with Crippen molar-refractivity contribution in [3.05, 3.63) is 12.7 Å². The van der Waals surface area contributed by atoms with Crippen LogP contribution in [0.3, 0.4) is 0 Å². The van der Waals surface area contributed by atoms with Gasteiger partial charge in [0, 0.05) is 27.0 Å². The highest BCUT2D eigenvalue weighted by molar-refractivity contribution is 6.15. The lowest BCUT2D eigenvalue weighted by molar-refractivity contribution is -0.138. The Labute approximate surface area is 85.9 Å². The third-order valence-corrected chi connectivity index (χ3v) is 1.35. The van der Waals surface area contributed by atoms with Gasteiger partial charge in [0.1, 0.15) is 0 Å². The second kappa shape index (κ2) is 9.55. The van der Waals surface area contributed by atoms with Gasteiger partial charge in [-0.3, -0.25) is 9.80 Å². The minimum atomic E-state index is -0.0446. The van der Waals surface area contributed by atoms with E-state index in [0.29, 0.717) is 0 Å². The average Bonchev–Trinajstić information content (AvgIpc) is 2.15. The predicted molar refractivity (Wildman–Crippen MR) is 57.7 cm³/mol. The van der Waals surface area contributed by atoms with Crippen LogP contribution in [-0.2, 0) is 4.79 Å². The summed E-state index contributed by atoms with van der Waals surface area (Å²) >= 11 is 4.64. The SMILES string of the molecule is C=CC(=O)N(CCC)N(C)C.CCl. The molecule has 0 N–H and O–H groups in total. The van der Waals surface area contributed by atoms with Crippen LogP contribution in [0.25, 0.3) is 0 Å². The molecule has 0 rings (SSSR count). The van der Waals surface area contributed by atoms with Crippen molar-refractivity contribution in [1.82, 2.24) is 10.0 Å². The molecule has 78 valence electrons. The van der Waals surface area contributed by atoms with Crippen molar-refractivity contribution in [2.75, 3.05) is 27.0 Å². The highest BCUT2D eigenvalue weighted by Gasteiger charge is 2.09. The number of carbonyl (C=O) groups excluding carboxylic acids is 1. The van der Waals surface area contributed by atoms with Gasteiger partial charge in [-0.15, -0.1) is 11.6 Å². The van der Waals surface area contributed by atoms with Crippen molar-refractivity contribution in [3.8, 4) is 0 Å². The monoisotopic (exact) mass is 206 g/mol. The Bertz CT molecular complexity index is 149. The molecule has 0 aromatic rings. The molecule has 0 bridgehead atoms. The zero-order valence-electron chi connectivity index (χ0n) is 8.88. The molecule has 0 aromatic heterocycles. The van der Waals surface area contributed by atoms with Gasteiger partial charge in [-0.25, -0.2) is 5.01 Å². The Morgan fingerprint density at radius 3 is 2.15 bits per heavy atom. The molecule has 0 aliphatic heterocycles. The number of hydrogen-bond donors (Lipinski definition) is 0. The van der Waals surface area contributed by atoms with Crippen LogP contribution in [0.2, 0.25) is 0 Å². The number of hydrogen-bond acceptors (Lipinski definition) is 2. The molecule has 0 fully saturated rings. The zero-order chi connectivity index (χ0) is 10.9. The fourth-order valence-corrected chi connectivity index (χ4v) is 0.824. The lowest BCUT2D eigenvalue weighted by Gasteiger charge is -2.27. The molecule has 0 aromatic carbocycles. The van der Waals surface area contributed by atoms with Crippen LogP contribution >= 0.6 is 11.6 Å². The molecule has 0 heterocycles. The van der Waals surface area contributed by atoms with E-state index in [9.17, 15) is 4.79 Å². The van der Waals surface area contributed by atoms with Crippen molar-refractivity contribution in [3.63, 3.8) is 0 Å². The van der Waals surface area contributed by atoms with Crippen molar-refractivity contribution >= 4 is 17.5 Å². The number of carbonyl (C=O) groups is 1. The number of alkyl halides is 1. The fraction of sp³-hybridized carbons (Fsp3) is 0.667. The summed E-state index contributed by atoms with van der Waals surface area (Å²) in [6, 6.07) is 0. The highest BCUT2D eigenvalue weighted by Crippen LogP contribution is 1.95. The van der Waals surface area contributed by atoms with Crippen molar-refractivity contribution < 1.29 is 4.79 Å². The summed E-state index contributed by atoms with van der Waals surface area (Å²) in [5.74, 6) is -0.0446. The fourth-order valence-electron chi connectivity index (χ4n) is 0.824. The Morgan fingerprint density at radius 2 is 1.92 bits per heavy atom. The number of rotatable bonds is 4. The minimum Gasteiger partial charge on any atom is -0.272 e. The molecule has 0 atom stereocenters. The standard InChI is InChI=1S/C8H16N2O.CH3Cl/c1-5-7-10(9(3)4)8(11)6-2;1-2/h6H,2,5,7H2,1,3-4H3;1H3. The van der Waals surface area contributed by atoms with Gasteiger partial charge in [-0.05, 0) is 12.5 Å². The molecule has 0 saturated carbocycles. The summed E-state index contributed by atoms with van der Waals surface area (Å²) in [5.41, 5.74) is 0. The van der Waals surface area contributed by atoms with E-state index in [1.54, 1.807) is 10.0 Å². The second-order valence-corrected chi connectivity index (χ2v) is 2.51. The Kier molecular flexibility index (Phi) is 11.0. The Morgan fingerprint density at radius 1 is 1.46 bits per heavy atom. The van der Waals surface area contributed by atoms with E-state index < -0.39 is 0 Å². The second-order valence-electron chi connectivity index (χ2n) is 2.51. The Balaban J connectivity index is 0. The molecular formula is C9H19ClN2O. The summed E-state index contributed by atoms with van der Waals surface area (Å²) in [4.78, 5) is 11.1. The zero-order valence-corrected chi connectivity index (χ0v) is 9.64. The van der Waals surface area contributed by atoms with Crippen molar-refractivity contribution in [1.29, 1.82) is 0 Å². The molecule has 0 radical (unpaired) electrons. The largest absolute Gasteiger partial charge is 0.272 e. The van der Waals surface area contributed by atoms with E-state index >= 15 is 0 Å². The van der Waals surface area contributed by atoms with Gasteiger partial charge in [0.15, 0.2) is 0 Å². The first kappa shape index (κ1) is 15.0. The molecule has 0 saturated heterocycles. The molecule has 1 amide bonds. The maximum absolute atomic E-state index is 11.1. The molecule has 13 heavy (non-hydrogen) atoms.